The van der Waals surface area contributed by atoms with Gasteiger partial charge in [-0.1, -0.05) is 66.7 Å². The van der Waals surface area contributed by atoms with Crippen molar-refractivity contribution in [1.29, 1.82) is 0 Å². The summed E-state index contributed by atoms with van der Waals surface area (Å²) in [5.41, 5.74) is 4.69. The number of hydrogen-bond donors (Lipinski definition) is 1. The van der Waals surface area contributed by atoms with E-state index in [1.807, 2.05) is 23.5 Å². The van der Waals surface area contributed by atoms with E-state index in [4.69, 9.17) is 5.10 Å². The first kappa shape index (κ1) is 20.5. The highest BCUT2D eigenvalue weighted by Crippen LogP contribution is 2.24. The van der Waals surface area contributed by atoms with E-state index in [-0.39, 0.29) is 0 Å². The first-order chi connectivity index (χ1) is 14.7. The molecule has 2 heterocycles. The molecule has 1 atom stereocenters. The average Bonchev–Trinajstić information content (AvgIpc) is 3.43. The quantitative estimate of drug-likeness (QED) is 0.414. The monoisotopic (exact) mass is 416 g/mol. The second-order valence-electron chi connectivity index (χ2n) is 7.68. The molecule has 0 saturated heterocycles. The molecule has 0 aliphatic carbocycles. The molecule has 1 N–H and O–H groups in total. The van der Waals surface area contributed by atoms with E-state index in [1.54, 1.807) is 0 Å². The number of aromatic nitrogens is 2. The number of thiophene rings is 1. The number of rotatable bonds is 9. The molecule has 0 spiro atoms. The van der Waals surface area contributed by atoms with Crippen LogP contribution in [0.25, 0.3) is 11.3 Å². The van der Waals surface area contributed by atoms with Gasteiger partial charge in [0.05, 0.1) is 18.3 Å². The van der Waals surface area contributed by atoms with Gasteiger partial charge in [-0.2, -0.15) is 5.10 Å². The summed E-state index contributed by atoms with van der Waals surface area (Å²) in [6.45, 7) is 2.45. The van der Waals surface area contributed by atoms with Crippen LogP contribution in [0.3, 0.4) is 0 Å². The fourth-order valence-corrected chi connectivity index (χ4v) is 4.57. The van der Waals surface area contributed by atoms with Crippen molar-refractivity contribution in [3.8, 4) is 11.3 Å². The summed E-state index contributed by atoms with van der Waals surface area (Å²) in [5, 5.41) is 10.7. The Balaban J connectivity index is 1.52. The lowest BCUT2D eigenvalue weighted by molar-refractivity contribution is 0.292. The molecule has 154 valence electrons. The highest BCUT2D eigenvalue weighted by molar-refractivity contribution is 7.10. The van der Waals surface area contributed by atoms with Crippen molar-refractivity contribution in [2.24, 2.45) is 0 Å². The maximum atomic E-state index is 4.93. The van der Waals surface area contributed by atoms with E-state index in [9.17, 15) is 0 Å². The van der Waals surface area contributed by atoms with Crippen molar-refractivity contribution in [1.82, 2.24) is 20.0 Å². The first-order valence-corrected chi connectivity index (χ1v) is 11.1. The third kappa shape index (κ3) is 5.05. The number of likely N-dealkylation sites (N-methyl/N-ethyl adjacent to an activating group) is 1. The minimum absolute atomic E-state index is 0.365. The predicted molar refractivity (Wildman–Crippen MR) is 126 cm³/mol. The third-order valence-corrected chi connectivity index (χ3v) is 6.19. The standard InChI is InChI=1S/C25H28N4S/c1-28(2)23(24-14-9-15-30-24)17-26-16-22-19-29(18-20-10-5-3-6-11-20)27-25(22)21-12-7-4-8-13-21/h3-15,19,23,26H,16-18H2,1-2H3/t23-/m0/s1. The zero-order valence-corrected chi connectivity index (χ0v) is 18.3. The molecule has 0 aliphatic rings. The predicted octanol–water partition coefficient (Wildman–Crippen LogP) is 5.05. The zero-order valence-electron chi connectivity index (χ0n) is 17.5. The summed E-state index contributed by atoms with van der Waals surface area (Å²) >= 11 is 1.81. The van der Waals surface area contributed by atoms with Crippen LogP contribution >= 0.6 is 11.3 Å². The van der Waals surface area contributed by atoms with Gasteiger partial charge in [0.15, 0.2) is 0 Å². The molecule has 2 aromatic carbocycles. The van der Waals surface area contributed by atoms with Crippen LogP contribution in [0.1, 0.15) is 22.0 Å². The Labute approximate surface area is 182 Å². The molecule has 2 aromatic heterocycles. The van der Waals surface area contributed by atoms with Gasteiger partial charge in [0.1, 0.15) is 0 Å². The first-order valence-electron chi connectivity index (χ1n) is 10.3. The molecule has 0 amide bonds. The minimum atomic E-state index is 0.365. The maximum Gasteiger partial charge on any atom is 0.0968 e. The summed E-state index contributed by atoms with van der Waals surface area (Å²) in [6.07, 6.45) is 2.18. The molecular formula is C25H28N4S. The van der Waals surface area contributed by atoms with E-state index in [0.29, 0.717) is 6.04 Å². The molecule has 0 saturated carbocycles. The summed E-state index contributed by atoms with van der Waals surface area (Å²) in [6, 6.07) is 25.6. The number of nitrogens with zero attached hydrogens (tertiary/aromatic N) is 3. The highest BCUT2D eigenvalue weighted by Gasteiger charge is 2.16. The molecule has 0 radical (unpaired) electrons. The molecule has 4 nitrogen and oxygen atoms in total. The zero-order chi connectivity index (χ0) is 20.8. The molecule has 4 rings (SSSR count). The van der Waals surface area contributed by atoms with E-state index in [0.717, 1.165) is 30.9 Å². The van der Waals surface area contributed by atoms with Crippen LogP contribution < -0.4 is 5.32 Å². The van der Waals surface area contributed by atoms with E-state index >= 15 is 0 Å². The Morgan fingerprint density at radius 3 is 2.37 bits per heavy atom. The van der Waals surface area contributed by atoms with Crippen molar-refractivity contribution >= 4 is 11.3 Å². The summed E-state index contributed by atoms with van der Waals surface area (Å²) in [4.78, 5) is 3.66. The van der Waals surface area contributed by atoms with Gasteiger partial charge in [0.2, 0.25) is 0 Å². The van der Waals surface area contributed by atoms with Crippen molar-refractivity contribution in [3.05, 3.63) is 100 Å². The van der Waals surface area contributed by atoms with Crippen molar-refractivity contribution < 1.29 is 0 Å². The van der Waals surface area contributed by atoms with Gasteiger partial charge in [0, 0.05) is 35.3 Å². The SMILES string of the molecule is CN(C)[C@@H](CNCc1cn(Cc2ccccc2)nc1-c1ccccc1)c1cccs1. The van der Waals surface area contributed by atoms with Crippen LogP contribution in [-0.4, -0.2) is 35.3 Å². The molecule has 0 fully saturated rings. The number of nitrogens with one attached hydrogen (secondary N) is 1. The van der Waals surface area contributed by atoms with Crippen LogP contribution in [0.5, 0.6) is 0 Å². The van der Waals surface area contributed by atoms with Crippen LogP contribution in [0.15, 0.2) is 84.4 Å². The lowest BCUT2D eigenvalue weighted by Crippen LogP contribution is -2.30. The Bertz CT molecular complexity index is 1020. The summed E-state index contributed by atoms with van der Waals surface area (Å²) in [7, 11) is 4.28. The Morgan fingerprint density at radius 2 is 1.70 bits per heavy atom. The van der Waals surface area contributed by atoms with Gasteiger partial charge in [-0.3, -0.25) is 4.68 Å². The molecule has 30 heavy (non-hydrogen) atoms. The third-order valence-electron chi connectivity index (χ3n) is 5.22. The van der Waals surface area contributed by atoms with Crippen LogP contribution in [0, 0.1) is 0 Å². The van der Waals surface area contributed by atoms with Crippen molar-refractivity contribution in [2.75, 3.05) is 20.6 Å². The van der Waals surface area contributed by atoms with E-state index in [2.05, 4.69) is 101 Å². The molecule has 4 aromatic rings. The van der Waals surface area contributed by atoms with Gasteiger partial charge in [-0.15, -0.1) is 11.3 Å². The van der Waals surface area contributed by atoms with Gasteiger partial charge < -0.3 is 10.2 Å². The molecule has 0 bridgehead atoms. The van der Waals surface area contributed by atoms with Crippen molar-refractivity contribution in [3.63, 3.8) is 0 Å². The van der Waals surface area contributed by atoms with E-state index in [1.165, 1.54) is 16.0 Å². The smallest absolute Gasteiger partial charge is 0.0968 e. The minimum Gasteiger partial charge on any atom is -0.311 e. The topological polar surface area (TPSA) is 33.1 Å². The van der Waals surface area contributed by atoms with Gasteiger partial charge in [-0.25, -0.2) is 0 Å². The summed E-state index contributed by atoms with van der Waals surface area (Å²) < 4.78 is 2.05. The largest absolute Gasteiger partial charge is 0.311 e. The van der Waals surface area contributed by atoms with Crippen LogP contribution in [-0.2, 0) is 13.1 Å². The van der Waals surface area contributed by atoms with Crippen LogP contribution in [0.4, 0.5) is 0 Å². The lowest BCUT2D eigenvalue weighted by atomic mass is 10.1. The molecule has 5 heteroatoms. The fourth-order valence-electron chi connectivity index (χ4n) is 3.64. The Morgan fingerprint density at radius 1 is 0.967 bits per heavy atom. The molecular weight excluding hydrogens is 388 g/mol. The van der Waals surface area contributed by atoms with Gasteiger partial charge in [0.25, 0.3) is 0 Å². The maximum absolute atomic E-state index is 4.93. The second kappa shape index (κ2) is 9.85. The van der Waals surface area contributed by atoms with Gasteiger partial charge >= 0.3 is 0 Å². The number of hydrogen-bond acceptors (Lipinski definition) is 4. The second-order valence-corrected chi connectivity index (χ2v) is 8.66. The normalized spacial score (nSPS) is 12.4. The number of benzene rings is 2. The Hall–Kier alpha value is -2.73. The average molecular weight is 417 g/mol. The van der Waals surface area contributed by atoms with E-state index < -0.39 is 0 Å². The fraction of sp³-hybridized carbons (Fsp3) is 0.240. The van der Waals surface area contributed by atoms with Crippen LogP contribution in [0.2, 0.25) is 0 Å². The Kier molecular flexibility index (Phi) is 6.74. The summed E-state index contributed by atoms with van der Waals surface area (Å²) in [5.74, 6) is 0. The lowest BCUT2D eigenvalue weighted by Gasteiger charge is -2.23. The van der Waals surface area contributed by atoms with Gasteiger partial charge in [-0.05, 0) is 31.1 Å². The highest BCUT2D eigenvalue weighted by atomic mass is 32.1. The molecule has 0 aliphatic heterocycles. The van der Waals surface area contributed by atoms with Crippen molar-refractivity contribution in [2.45, 2.75) is 19.1 Å². The molecule has 0 unspecified atom stereocenters.